The number of benzene rings is 11. The van der Waals surface area contributed by atoms with Crippen LogP contribution in [0.2, 0.25) is 0 Å². The van der Waals surface area contributed by atoms with Crippen molar-refractivity contribution < 1.29 is 0 Å². The zero-order valence-corrected chi connectivity index (χ0v) is 35.0. The van der Waals surface area contributed by atoms with Gasteiger partial charge in [-0.3, -0.25) is 0 Å². The van der Waals surface area contributed by atoms with Gasteiger partial charge in [0.05, 0.1) is 0 Å². The van der Waals surface area contributed by atoms with E-state index in [0.717, 1.165) is 0 Å². The van der Waals surface area contributed by atoms with E-state index in [1.165, 1.54) is 107 Å². The van der Waals surface area contributed by atoms with E-state index >= 15 is 0 Å². The van der Waals surface area contributed by atoms with Crippen LogP contribution in [0.15, 0.2) is 249 Å². The van der Waals surface area contributed by atoms with Crippen molar-refractivity contribution in [1.29, 1.82) is 0 Å². The molecule has 0 nitrogen and oxygen atoms in total. The first-order valence-electron chi connectivity index (χ1n) is 21.5. The number of rotatable bonds is 0. The highest BCUT2D eigenvalue weighted by Crippen LogP contribution is 2.31. The molecule has 0 atom stereocenters. The molecule has 0 unspecified atom stereocenters. The van der Waals surface area contributed by atoms with Crippen LogP contribution in [-0.2, 0) is 25.7 Å². The summed E-state index contributed by atoms with van der Waals surface area (Å²) in [4.78, 5) is 0. The highest BCUT2D eigenvalue weighted by Gasteiger charge is 2.13. The van der Waals surface area contributed by atoms with Crippen molar-refractivity contribution in [3.63, 3.8) is 0 Å². The van der Waals surface area contributed by atoms with E-state index < -0.39 is 0 Å². The molecule has 0 bridgehead atoms. The van der Waals surface area contributed by atoms with Crippen LogP contribution in [0.3, 0.4) is 0 Å². The topological polar surface area (TPSA) is 0 Å². The van der Waals surface area contributed by atoms with Crippen LogP contribution in [-0.4, -0.2) is 0 Å². The van der Waals surface area contributed by atoms with E-state index in [1.807, 2.05) is 36.4 Å². The first-order chi connectivity index (χ1) is 30.2. The molecule has 0 saturated heterocycles. The zero-order chi connectivity index (χ0) is 41.5. The molecule has 0 heteroatoms. The van der Waals surface area contributed by atoms with E-state index in [9.17, 15) is 0 Å². The summed E-state index contributed by atoms with van der Waals surface area (Å²) in [6.07, 6.45) is 4.93. The van der Waals surface area contributed by atoms with Crippen molar-refractivity contribution in [2.24, 2.45) is 0 Å². The molecule has 0 saturated carbocycles. The Hall–Kier alpha value is -7.28. The molecular weight excluding hydrogens is 733 g/mol. The van der Waals surface area contributed by atoms with Crippen LogP contribution in [0.25, 0.3) is 53.9 Å². The van der Waals surface area contributed by atoms with Gasteiger partial charge in [0.2, 0.25) is 0 Å². The largest absolute Gasteiger partial charge is 0.0623 e. The molecule has 2 aliphatic rings. The summed E-state index contributed by atoms with van der Waals surface area (Å²) in [7, 11) is 0. The Morgan fingerprint density at radius 1 is 0.213 bits per heavy atom. The molecule has 0 fully saturated rings. The van der Waals surface area contributed by atoms with Gasteiger partial charge < -0.3 is 0 Å². The standard InChI is InChI=1S/2C12H10.C11H10.2C10H8.C6H6/c2*1-3-9-4-2-6-11-8-7-10(5-1)12(9)11;1-9-5-4-7-10-6-2-3-8-11(9)10;2*1-2-6-10-8-4-3-7-9(10)5-1;1-2-4-6-5-3-1/h2*1-6H,7-8H2;2-8H,1H3;2*1-8H;1-6H. The summed E-state index contributed by atoms with van der Waals surface area (Å²) < 4.78 is 0. The molecule has 13 rings (SSSR count). The molecule has 296 valence electrons. The fourth-order valence-electron chi connectivity index (χ4n) is 8.41. The summed E-state index contributed by atoms with van der Waals surface area (Å²) >= 11 is 0. The number of aryl methyl sites for hydroxylation is 5. The normalized spacial score (nSPS) is 11.4. The van der Waals surface area contributed by atoms with E-state index in [2.05, 4.69) is 219 Å². The number of fused-ring (bicyclic) bond motifs is 3. The Morgan fingerprint density at radius 2 is 0.459 bits per heavy atom. The lowest BCUT2D eigenvalue weighted by Gasteiger charge is -1.99. The second kappa shape index (κ2) is 20.6. The van der Waals surface area contributed by atoms with Gasteiger partial charge in [-0.15, -0.1) is 0 Å². The van der Waals surface area contributed by atoms with Crippen molar-refractivity contribution in [2.75, 3.05) is 0 Å². The molecule has 0 amide bonds. The predicted molar refractivity (Wildman–Crippen MR) is 266 cm³/mol. The lowest BCUT2D eigenvalue weighted by Crippen LogP contribution is -1.76. The van der Waals surface area contributed by atoms with Gasteiger partial charge in [0.15, 0.2) is 0 Å². The van der Waals surface area contributed by atoms with Gasteiger partial charge in [-0.2, -0.15) is 0 Å². The molecule has 0 aromatic heterocycles. The zero-order valence-electron chi connectivity index (χ0n) is 35.0. The van der Waals surface area contributed by atoms with E-state index in [0.29, 0.717) is 0 Å². The third kappa shape index (κ3) is 10.5. The molecular formula is C61H52. The van der Waals surface area contributed by atoms with Crippen molar-refractivity contribution in [3.05, 3.63) is 277 Å². The van der Waals surface area contributed by atoms with Gasteiger partial charge in [0.25, 0.3) is 0 Å². The van der Waals surface area contributed by atoms with Gasteiger partial charge in [-0.05, 0) is 114 Å². The molecule has 0 aliphatic heterocycles. The van der Waals surface area contributed by atoms with E-state index in [4.69, 9.17) is 0 Å². The maximum Gasteiger partial charge on any atom is -0.0120 e. The van der Waals surface area contributed by atoms with Crippen LogP contribution < -0.4 is 0 Å². The highest BCUT2D eigenvalue weighted by molar-refractivity contribution is 5.91. The van der Waals surface area contributed by atoms with Gasteiger partial charge in [0, 0.05) is 0 Å². The average Bonchev–Trinajstić information content (AvgIpc) is 3.97. The van der Waals surface area contributed by atoms with Crippen molar-refractivity contribution in [1.82, 2.24) is 0 Å². The van der Waals surface area contributed by atoms with Gasteiger partial charge in [-0.1, -0.05) is 249 Å². The number of hydrogen-bond acceptors (Lipinski definition) is 0. The minimum atomic E-state index is 1.23. The second-order valence-corrected chi connectivity index (χ2v) is 15.5. The third-order valence-corrected chi connectivity index (χ3v) is 11.5. The van der Waals surface area contributed by atoms with Crippen LogP contribution in [0.4, 0.5) is 0 Å². The first-order valence-corrected chi connectivity index (χ1v) is 21.5. The summed E-state index contributed by atoms with van der Waals surface area (Å²) in [5.74, 6) is 0. The van der Waals surface area contributed by atoms with Crippen LogP contribution in [0.1, 0.15) is 27.8 Å². The lowest BCUT2D eigenvalue weighted by atomic mass is 10.1. The first kappa shape index (κ1) is 40.5. The van der Waals surface area contributed by atoms with E-state index in [1.54, 1.807) is 0 Å². The quantitative estimate of drug-likeness (QED) is 0.144. The lowest BCUT2D eigenvalue weighted by molar-refractivity contribution is 1.02. The van der Waals surface area contributed by atoms with Crippen LogP contribution in [0.5, 0.6) is 0 Å². The Labute approximate surface area is 361 Å². The molecule has 2 aliphatic carbocycles. The Bertz CT molecular complexity index is 2700. The third-order valence-electron chi connectivity index (χ3n) is 11.5. The van der Waals surface area contributed by atoms with Gasteiger partial charge in [0.1, 0.15) is 0 Å². The van der Waals surface area contributed by atoms with E-state index in [-0.39, 0.29) is 0 Å². The summed E-state index contributed by atoms with van der Waals surface area (Å²) in [5.41, 5.74) is 7.47. The SMILES string of the molecule is Cc1cccc2ccccc12.c1cc2c3c(cccc3c1)CC2.c1cc2c3c(cccc3c1)CC2.c1ccc2ccccc2c1.c1ccc2ccccc2c1.c1ccccc1. The minimum absolute atomic E-state index is 1.23. The summed E-state index contributed by atoms with van der Waals surface area (Å²) in [5, 5.41) is 13.8. The molecule has 61 heavy (non-hydrogen) atoms. The Kier molecular flexibility index (Phi) is 13.7. The maximum absolute atomic E-state index is 2.25. The van der Waals surface area contributed by atoms with Crippen molar-refractivity contribution in [3.8, 4) is 0 Å². The highest BCUT2D eigenvalue weighted by atomic mass is 14.2. The maximum atomic E-state index is 2.25. The van der Waals surface area contributed by atoms with Gasteiger partial charge >= 0.3 is 0 Å². The molecule has 0 radical (unpaired) electrons. The summed E-state index contributed by atoms with van der Waals surface area (Å²) in [6.45, 7) is 2.14. The molecule has 0 N–H and O–H groups in total. The Morgan fingerprint density at radius 3 is 0.770 bits per heavy atom. The molecule has 11 aromatic rings. The minimum Gasteiger partial charge on any atom is -0.0623 e. The van der Waals surface area contributed by atoms with Crippen LogP contribution in [0, 0.1) is 6.92 Å². The predicted octanol–water partition coefficient (Wildman–Crippen LogP) is 16.4. The Balaban J connectivity index is 0.000000102. The second-order valence-electron chi connectivity index (χ2n) is 15.5. The van der Waals surface area contributed by atoms with Crippen molar-refractivity contribution in [2.45, 2.75) is 32.6 Å². The van der Waals surface area contributed by atoms with Crippen LogP contribution >= 0.6 is 0 Å². The summed E-state index contributed by atoms with van der Waals surface area (Å²) in [6, 6.07) is 86.7. The molecule has 0 heterocycles. The van der Waals surface area contributed by atoms with Gasteiger partial charge in [-0.25, -0.2) is 0 Å². The smallest absolute Gasteiger partial charge is 0.0120 e. The molecule has 11 aromatic carbocycles. The fourth-order valence-corrected chi connectivity index (χ4v) is 8.41. The fraction of sp³-hybridized carbons (Fsp3) is 0.0820. The van der Waals surface area contributed by atoms with Crippen molar-refractivity contribution >= 4 is 53.9 Å². The number of hydrogen-bond donors (Lipinski definition) is 0. The molecule has 0 spiro atoms. The average molecular weight is 785 g/mol. The monoisotopic (exact) mass is 784 g/mol.